The van der Waals surface area contributed by atoms with Crippen molar-refractivity contribution in [3.05, 3.63) is 35.9 Å². The average Bonchev–Trinajstić information content (AvgIpc) is 2.67. The zero-order valence-electron chi connectivity index (χ0n) is 12.0. The largest absolute Gasteiger partial charge is 0.389 e. The summed E-state index contributed by atoms with van der Waals surface area (Å²) in [6.45, 7) is 2.94. The van der Waals surface area contributed by atoms with Gasteiger partial charge in [-0.25, -0.2) is 0 Å². The average molecular weight is 299 g/mol. The Kier molecular flexibility index (Phi) is 4.44. The second-order valence-electron chi connectivity index (χ2n) is 5.71. The Bertz CT molecular complexity index is 499. The van der Waals surface area contributed by atoms with Crippen molar-refractivity contribution in [2.24, 2.45) is 10.7 Å². The number of benzene rings is 1. The summed E-state index contributed by atoms with van der Waals surface area (Å²) in [5.41, 5.74) is 6.54. The number of guanidine groups is 1. The van der Waals surface area contributed by atoms with E-state index in [9.17, 15) is 13.2 Å². The minimum absolute atomic E-state index is 0.0914. The topological polar surface area (TPSA) is 41.6 Å². The lowest BCUT2D eigenvalue weighted by atomic mass is 9.93. The summed E-state index contributed by atoms with van der Waals surface area (Å²) in [7, 11) is 0. The van der Waals surface area contributed by atoms with Crippen LogP contribution in [0.5, 0.6) is 0 Å². The highest BCUT2D eigenvalue weighted by atomic mass is 19.4. The molecule has 1 heterocycles. The number of nitrogens with two attached hydrogens (primary N) is 1. The Morgan fingerprint density at radius 3 is 2.57 bits per heavy atom. The second kappa shape index (κ2) is 5.95. The van der Waals surface area contributed by atoms with E-state index in [1.165, 1.54) is 0 Å². The lowest BCUT2D eigenvalue weighted by Crippen LogP contribution is -2.49. The molecule has 6 heteroatoms. The summed E-state index contributed by atoms with van der Waals surface area (Å²) in [5.74, 6) is 0.411. The van der Waals surface area contributed by atoms with Gasteiger partial charge in [-0.15, -0.1) is 0 Å². The summed E-state index contributed by atoms with van der Waals surface area (Å²) in [5, 5.41) is 0. The molecule has 0 amide bonds. The molecule has 0 aliphatic carbocycles. The van der Waals surface area contributed by atoms with Crippen molar-refractivity contribution >= 4 is 5.96 Å². The van der Waals surface area contributed by atoms with Gasteiger partial charge in [0.05, 0.1) is 12.1 Å². The first-order valence-electron chi connectivity index (χ1n) is 6.98. The van der Waals surface area contributed by atoms with E-state index in [1.807, 2.05) is 42.2 Å². The van der Waals surface area contributed by atoms with Crippen LogP contribution in [0.25, 0.3) is 0 Å². The molecule has 1 unspecified atom stereocenters. The smallest absolute Gasteiger partial charge is 0.370 e. The summed E-state index contributed by atoms with van der Waals surface area (Å²) in [6.07, 6.45) is -4.36. The molecule has 2 N–H and O–H groups in total. The Hall–Kier alpha value is -1.72. The standard InChI is InChI=1S/C15H20F3N3/c1-14(8-5-9-15(16,17)18)11-20-13(19)21(14)10-12-6-3-2-4-7-12/h2-4,6-7H,5,8-11H2,1H3,(H2,19,20). The van der Waals surface area contributed by atoms with Crippen LogP contribution in [0, 0.1) is 0 Å². The number of hydrogen-bond donors (Lipinski definition) is 1. The van der Waals surface area contributed by atoms with Gasteiger partial charge >= 0.3 is 6.18 Å². The van der Waals surface area contributed by atoms with Crippen molar-refractivity contribution < 1.29 is 13.2 Å². The van der Waals surface area contributed by atoms with E-state index in [0.29, 0.717) is 25.5 Å². The molecule has 0 radical (unpaired) electrons. The van der Waals surface area contributed by atoms with Crippen LogP contribution >= 0.6 is 0 Å². The van der Waals surface area contributed by atoms with Gasteiger partial charge in [-0.05, 0) is 25.3 Å². The lowest BCUT2D eigenvalue weighted by molar-refractivity contribution is -0.136. The molecule has 1 aliphatic heterocycles. The molecule has 21 heavy (non-hydrogen) atoms. The fourth-order valence-electron chi connectivity index (χ4n) is 2.62. The first-order valence-corrected chi connectivity index (χ1v) is 6.98. The molecule has 1 atom stereocenters. The monoisotopic (exact) mass is 299 g/mol. The zero-order valence-corrected chi connectivity index (χ0v) is 12.0. The number of alkyl halides is 3. The normalized spacial score (nSPS) is 22.5. The van der Waals surface area contributed by atoms with Crippen LogP contribution in [0.4, 0.5) is 13.2 Å². The first-order chi connectivity index (χ1) is 9.80. The Morgan fingerprint density at radius 1 is 1.29 bits per heavy atom. The van der Waals surface area contributed by atoms with E-state index >= 15 is 0 Å². The van der Waals surface area contributed by atoms with Gasteiger partial charge < -0.3 is 10.6 Å². The predicted octanol–water partition coefficient (Wildman–Crippen LogP) is 3.31. The number of hydrogen-bond acceptors (Lipinski definition) is 3. The Balaban J connectivity index is 2.01. The van der Waals surface area contributed by atoms with Crippen LogP contribution in [-0.2, 0) is 6.54 Å². The van der Waals surface area contributed by atoms with E-state index in [1.54, 1.807) is 0 Å². The van der Waals surface area contributed by atoms with Gasteiger partial charge in [0.1, 0.15) is 0 Å². The molecule has 0 saturated heterocycles. The number of aliphatic imine (C=N–C) groups is 1. The third-order valence-electron chi connectivity index (χ3n) is 3.87. The third kappa shape index (κ3) is 4.12. The van der Waals surface area contributed by atoms with Crippen molar-refractivity contribution in [2.45, 2.75) is 44.4 Å². The maximum absolute atomic E-state index is 12.3. The van der Waals surface area contributed by atoms with Crippen LogP contribution < -0.4 is 5.73 Å². The third-order valence-corrected chi connectivity index (χ3v) is 3.87. The minimum Gasteiger partial charge on any atom is -0.370 e. The van der Waals surface area contributed by atoms with Crippen LogP contribution in [0.2, 0.25) is 0 Å². The molecule has 0 bridgehead atoms. The first kappa shape index (κ1) is 15.7. The molecule has 1 aliphatic rings. The van der Waals surface area contributed by atoms with Crippen molar-refractivity contribution in [1.82, 2.24) is 4.90 Å². The van der Waals surface area contributed by atoms with Crippen molar-refractivity contribution in [3.63, 3.8) is 0 Å². The fraction of sp³-hybridized carbons (Fsp3) is 0.533. The SMILES string of the molecule is CC1(CCCC(F)(F)F)CN=C(N)N1Cc1ccccc1. The van der Waals surface area contributed by atoms with Gasteiger partial charge in [0.15, 0.2) is 5.96 Å². The summed E-state index contributed by atoms with van der Waals surface area (Å²) in [4.78, 5) is 6.14. The van der Waals surface area contributed by atoms with Gasteiger partial charge in [0.25, 0.3) is 0 Å². The van der Waals surface area contributed by atoms with Gasteiger partial charge in [0.2, 0.25) is 0 Å². The molecule has 3 nitrogen and oxygen atoms in total. The summed E-state index contributed by atoms with van der Waals surface area (Å²) < 4.78 is 36.9. The highest BCUT2D eigenvalue weighted by Crippen LogP contribution is 2.31. The molecule has 0 fully saturated rings. The quantitative estimate of drug-likeness (QED) is 0.906. The van der Waals surface area contributed by atoms with E-state index in [2.05, 4.69) is 4.99 Å². The van der Waals surface area contributed by atoms with E-state index < -0.39 is 18.1 Å². The summed E-state index contributed by atoms with van der Waals surface area (Å²) in [6, 6.07) is 9.73. The van der Waals surface area contributed by atoms with Gasteiger partial charge in [0, 0.05) is 13.0 Å². The lowest BCUT2D eigenvalue weighted by Gasteiger charge is -2.36. The van der Waals surface area contributed by atoms with E-state index in [0.717, 1.165) is 5.56 Å². The van der Waals surface area contributed by atoms with E-state index in [-0.39, 0.29) is 6.42 Å². The zero-order chi connectivity index (χ0) is 15.5. The van der Waals surface area contributed by atoms with Crippen LogP contribution in [0.1, 0.15) is 31.7 Å². The molecule has 0 saturated carbocycles. The fourth-order valence-corrected chi connectivity index (χ4v) is 2.62. The van der Waals surface area contributed by atoms with Crippen molar-refractivity contribution in [3.8, 4) is 0 Å². The molecule has 0 aromatic heterocycles. The number of rotatable bonds is 5. The molecular weight excluding hydrogens is 279 g/mol. The molecule has 0 spiro atoms. The molecule has 116 valence electrons. The van der Waals surface area contributed by atoms with Crippen molar-refractivity contribution in [2.75, 3.05) is 6.54 Å². The Morgan fingerprint density at radius 2 is 1.95 bits per heavy atom. The minimum atomic E-state index is -4.11. The second-order valence-corrected chi connectivity index (χ2v) is 5.71. The van der Waals surface area contributed by atoms with Crippen LogP contribution in [0.15, 0.2) is 35.3 Å². The number of nitrogens with zero attached hydrogens (tertiary/aromatic N) is 2. The van der Waals surface area contributed by atoms with Gasteiger partial charge in [-0.1, -0.05) is 30.3 Å². The maximum atomic E-state index is 12.3. The Labute approximate surface area is 122 Å². The highest BCUT2D eigenvalue weighted by Gasteiger charge is 2.38. The maximum Gasteiger partial charge on any atom is 0.389 e. The molecule has 1 aromatic rings. The van der Waals surface area contributed by atoms with Crippen molar-refractivity contribution in [1.29, 1.82) is 0 Å². The van der Waals surface area contributed by atoms with Gasteiger partial charge in [-0.3, -0.25) is 4.99 Å². The summed E-state index contributed by atoms with van der Waals surface area (Å²) >= 11 is 0. The highest BCUT2D eigenvalue weighted by molar-refractivity contribution is 5.80. The number of halogens is 3. The van der Waals surface area contributed by atoms with Gasteiger partial charge in [-0.2, -0.15) is 13.2 Å². The van der Waals surface area contributed by atoms with Crippen LogP contribution in [0.3, 0.4) is 0 Å². The molecule has 2 rings (SSSR count). The van der Waals surface area contributed by atoms with E-state index in [4.69, 9.17) is 5.73 Å². The predicted molar refractivity (Wildman–Crippen MR) is 76.8 cm³/mol. The van der Waals surface area contributed by atoms with Crippen LogP contribution in [-0.4, -0.2) is 29.1 Å². The molecule has 1 aromatic carbocycles. The molecular formula is C15H20F3N3.